The van der Waals surface area contributed by atoms with Crippen LogP contribution in [0, 0.1) is 5.41 Å². The van der Waals surface area contributed by atoms with Crippen molar-refractivity contribution in [2.45, 2.75) is 47.6 Å². The van der Waals surface area contributed by atoms with Crippen LogP contribution in [0.1, 0.15) is 47.1 Å². The number of phenolic OH excluding ortho intramolecular Hbond substituents is 2. The van der Waals surface area contributed by atoms with Gasteiger partial charge < -0.3 is 21.3 Å². The van der Waals surface area contributed by atoms with Gasteiger partial charge in [-0.15, -0.1) is 0 Å². The second kappa shape index (κ2) is 8.32. The average molecular weight is 308 g/mol. The van der Waals surface area contributed by atoms with Crippen LogP contribution < -0.4 is 11.1 Å². The van der Waals surface area contributed by atoms with Gasteiger partial charge in [0.15, 0.2) is 0 Å². The van der Waals surface area contributed by atoms with E-state index in [1.54, 1.807) is 19.1 Å². The molecule has 0 heterocycles. The van der Waals surface area contributed by atoms with Gasteiger partial charge in [-0.2, -0.15) is 0 Å². The van der Waals surface area contributed by atoms with Gasteiger partial charge in [0.05, 0.1) is 0 Å². The zero-order valence-corrected chi connectivity index (χ0v) is 14.3. The highest BCUT2D eigenvalue weighted by molar-refractivity contribution is 5.81. The molecule has 0 atom stereocenters. The summed E-state index contributed by atoms with van der Waals surface area (Å²) in [7, 11) is 0. The fourth-order valence-electron chi connectivity index (χ4n) is 1.40. The van der Waals surface area contributed by atoms with Crippen LogP contribution in [0.4, 0.5) is 0 Å². The summed E-state index contributed by atoms with van der Waals surface area (Å²) >= 11 is 0. The molecule has 0 unspecified atom stereocenters. The van der Waals surface area contributed by atoms with Crippen molar-refractivity contribution >= 4 is 11.6 Å². The highest BCUT2D eigenvalue weighted by atomic mass is 16.3. The Morgan fingerprint density at radius 2 is 1.82 bits per heavy atom. The normalized spacial score (nSPS) is 11.7. The number of benzene rings is 1. The van der Waals surface area contributed by atoms with Gasteiger partial charge in [-0.25, -0.2) is 0 Å². The molecule has 5 N–H and O–H groups in total. The second-order valence-electron chi connectivity index (χ2n) is 6.32. The summed E-state index contributed by atoms with van der Waals surface area (Å²) in [6.45, 7) is 11.4. The summed E-state index contributed by atoms with van der Waals surface area (Å²) in [6, 6.07) is 4.55. The smallest absolute Gasteiger partial charge is 0.225 e. The van der Waals surface area contributed by atoms with Crippen molar-refractivity contribution in [1.29, 1.82) is 0 Å². The number of allylic oxidation sites excluding steroid dienone is 1. The summed E-state index contributed by atoms with van der Waals surface area (Å²) in [5.74, 6) is 0.133. The van der Waals surface area contributed by atoms with Crippen molar-refractivity contribution in [1.82, 2.24) is 5.32 Å². The maximum Gasteiger partial charge on any atom is 0.225 e. The highest BCUT2D eigenvalue weighted by Gasteiger charge is 2.20. The first-order valence-electron chi connectivity index (χ1n) is 7.24. The number of aromatic hydroxyl groups is 2. The largest absolute Gasteiger partial charge is 0.508 e. The monoisotopic (exact) mass is 308 g/mol. The number of nitrogens with two attached hydrogens (primary N) is 1. The zero-order valence-electron chi connectivity index (χ0n) is 14.3. The van der Waals surface area contributed by atoms with E-state index in [0.717, 1.165) is 0 Å². The lowest BCUT2D eigenvalue weighted by molar-refractivity contribution is -0.129. The molecule has 5 nitrogen and oxygen atoms in total. The lowest BCUT2D eigenvalue weighted by Gasteiger charge is -2.19. The molecule has 0 aliphatic heterocycles. The van der Waals surface area contributed by atoms with Crippen molar-refractivity contribution in [3.8, 4) is 11.5 Å². The zero-order chi connectivity index (χ0) is 17.5. The van der Waals surface area contributed by atoms with Crippen LogP contribution >= 0.6 is 0 Å². The Bertz CT molecular complexity index is 529. The third-order valence-electron chi connectivity index (χ3n) is 2.70. The standard InChI is InChI=1S/C9H11NO2.C8H17NO/c1-2-8(10)7-4-3-6(11)5-9(7)12;1-6(2)9-7(10)8(3,4)5/h2-5,11-12H,10H2,1H3;6H,1-5H3,(H,9,10)/b8-2-;. The van der Waals surface area contributed by atoms with E-state index in [1.807, 2.05) is 34.6 Å². The molecule has 0 spiro atoms. The number of hydrogen-bond donors (Lipinski definition) is 4. The number of rotatable bonds is 2. The molecule has 0 fully saturated rings. The molecule has 0 saturated heterocycles. The quantitative estimate of drug-likeness (QED) is 0.675. The molecule has 124 valence electrons. The third-order valence-corrected chi connectivity index (χ3v) is 2.70. The molecular weight excluding hydrogens is 280 g/mol. The number of amides is 1. The van der Waals surface area contributed by atoms with Gasteiger partial charge >= 0.3 is 0 Å². The lowest BCUT2D eigenvalue weighted by Crippen LogP contribution is -2.38. The molecule has 0 aromatic heterocycles. The Labute approximate surface area is 132 Å². The minimum atomic E-state index is -0.260. The summed E-state index contributed by atoms with van der Waals surface area (Å²) in [5, 5.41) is 21.1. The van der Waals surface area contributed by atoms with Crippen molar-refractivity contribution in [2.24, 2.45) is 11.1 Å². The Balaban J connectivity index is 0.000000409. The number of nitrogens with one attached hydrogen (secondary N) is 1. The number of carbonyl (C=O) groups is 1. The van der Waals surface area contributed by atoms with Crippen LogP contribution in [0.5, 0.6) is 11.5 Å². The fraction of sp³-hybridized carbons (Fsp3) is 0.471. The maximum atomic E-state index is 11.2. The van der Waals surface area contributed by atoms with Crippen molar-refractivity contribution in [3.63, 3.8) is 0 Å². The Morgan fingerprint density at radius 1 is 1.27 bits per heavy atom. The molecule has 1 amide bonds. The van der Waals surface area contributed by atoms with Gasteiger partial charge in [0, 0.05) is 28.8 Å². The Kier molecular flexibility index (Phi) is 7.50. The van der Waals surface area contributed by atoms with Crippen molar-refractivity contribution < 1.29 is 15.0 Å². The van der Waals surface area contributed by atoms with Crippen LogP contribution in [-0.4, -0.2) is 22.2 Å². The van der Waals surface area contributed by atoms with Gasteiger partial charge in [-0.3, -0.25) is 4.79 Å². The van der Waals surface area contributed by atoms with E-state index in [1.165, 1.54) is 12.1 Å². The average Bonchev–Trinajstić information content (AvgIpc) is 2.36. The van der Waals surface area contributed by atoms with E-state index in [-0.39, 0.29) is 28.9 Å². The molecule has 1 aromatic rings. The van der Waals surface area contributed by atoms with Gasteiger partial charge in [0.2, 0.25) is 5.91 Å². The second-order valence-corrected chi connectivity index (χ2v) is 6.32. The third kappa shape index (κ3) is 7.02. The van der Waals surface area contributed by atoms with Gasteiger partial charge in [-0.05, 0) is 32.9 Å². The van der Waals surface area contributed by atoms with Crippen LogP contribution in [0.3, 0.4) is 0 Å². The summed E-state index contributed by atoms with van der Waals surface area (Å²) in [5.41, 5.74) is 6.34. The first kappa shape index (κ1) is 19.8. The van der Waals surface area contributed by atoms with E-state index < -0.39 is 0 Å². The Morgan fingerprint density at radius 3 is 2.14 bits per heavy atom. The highest BCUT2D eigenvalue weighted by Crippen LogP contribution is 2.25. The van der Waals surface area contributed by atoms with Crippen molar-refractivity contribution in [2.75, 3.05) is 0 Å². The summed E-state index contributed by atoms with van der Waals surface area (Å²) in [6.07, 6.45) is 1.69. The van der Waals surface area contributed by atoms with Gasteiger partial charge in [0.1, 0.15) is 11.5 Å². The van der Waals surface area contributed by atoms with E-state index in [0.29, 0.717) is 11.3 Å². The van der Waals surface area contributed by atoms with Crippen LogP contribution in [-0.2, 0) is 4.79 Å². The molecular formula is C17H28N2O3. The molecule has 0 radical (unpaired) electrons. The SMILES string of the molecule is C/C=C(\N)c1ccc(O)cc1O.CC(C)NC(=O)C(C)(C)C. The number of hydrogen-bond acceptors (Lipinski definition) is 4. The molecule has 22 heavy (non-hydrogen) atoms. The molecule has 5 heteroatoms. The van der Waals surface area contributed by atoms with E-state index in [2.05, 4.69) is 5.32 Å². The fourth-order valence-corrected chi connectivity index (χ4v) is 1.40. The van der Waals surface area contributed by atoms with Crippen LogP contribution in [0.2, 0.25) is 0 Å². The van der Waals surface area contributed by atoms with Crippen LogP contribution in [0.25, 0.3) is 5.70 Å². The molecule has 0 aliphatic carbocycles. The molecule has 1 aromatic carbocycles. The van der Waals surface area contributed by atoms with E-state index in [4.69, 9.17) is 10.8 Å². The minimum absolute atomic E-state index is 0.00870. The van der Waals surface area contributed by atoms with Gasteiger partial charge in [0.25, 0.3) is 0 Å². The topological polar surface area (TPSA) is 95.6 Å². The molecule has 0 aliphatic rings. The Hall–Kier alpha value is -2.17. The van der Waals surface area contributed by atoms with Crippen molar-refractivity contribution in [3.05, 3.63) is 29.8 Å². The van der Waals surface area contributed by atoms with E-state index >= 15 is 0 Å². The first-order valence-corrected chi connectivity index (χ1v) is 7.24. The van der Waals surface area contributed by atoms with Gasteiger partial charge in [-0.1, -0.05) is 26.8 Å². The lowest BCUT2D eigenvalue weighted by atomic mass is 9.95. The molecule has 0 bridgehead atoms. The maximum absolute atomic E-state index is 11.2. The molecule has 0 saturated carbocycles. The number of phenols is 2. The van der Waals surface area contributed by atoms with Crippen LogP contribution in [0.15, 0.2) is 24.3 Å². The summed E-state index contributed by atoms with van der Waals surface area (Å²) < 4.78 is 0. The predicted molar refractivity (Wildman–Crippen MR) is 90.3 cm³/mol. The molecule has 1 rings (SSSR count). The first-order chi connectivity index (χ1) is 9.98. The van der Waals surface area contributed by atoms with E-state index in [9.17, 15) is 9.90 Å². The predicted octanol–water partition coefficient (Wildman–Crippen LogP) is 2.97. The minimum Gasteiger partial charge on any atom is -0.508 e. The number of carbonyl (C=O) groups excluding carboxylic acids is 1. The summed E-state index contributed by atoms with van der Waals surface area (Å²) in [4.78, 5) is 11.2.